The molecular formula is C23H25ClN4O2. The summed E-state index contributed by atoms with van der Waals surface area (Å²) in [6, 6.07) is 12.7. The Morgan fingerprint density at radius 3 is 2.67 bits per heavy atom. The van der Waals surface area contributed by atoms with Crippen LogP contribution in [0.25, 0.3) is 0 Å². The second-order valence-corrected chi connectivity index (χ2v) is 7.72. The van der Waals surface area contributed by atoms with Crippen LogP contribution in [0, 0.1) is 5.41 Å². The molecule has 30 heavy (non-hydrogen) atoms. The van der Waals surface area contributed by atoms with Crippen LogP contribution in [0.5, 0.6) is 17.4 Å². The lowest BCUT2D eigenvalue weighted by Gasteiger charge is -2.29. The number of hydrogen-bond acceptors (Lipinski definition) is 5. The minimum absolute atomic E-state index is 0.117. The number of rotatable bonds is 6. The summed E-state index contributed by atoms with van der Waals surface area (Å²) in [5.41, 5.74) is 2.77. The molecule has 4 rings (SSSR count). The minimum atomic E-state index is -0.307. The van der Waals surface area contributed by atoms with Crippen LogP contribution in [0.1, 0.15) is 36.5 Å². The number of benzene rings is 2. The van der Waals surface area contributed by atoms with Crippen molar-refractivity contribution in [1.82, 2.24) is 14.5 Å². The molecule has 0 aliphatic carbocycles. The second-order valence-electron chi connectivity index (χ2n) is 7.31. The van der Waals surface area contributed by atoms with Crippen LogP contribution >= 0.6 is 11.6 Å². The van der Waals surface area contributed by atoms with Crippen LogP contribution in [0.4, 0.5) is 0 Å². The molecular weight excluding hydrogens is 400 g/mol. The summed E-state index contributed by atoms with van der Waals surface area (Å²) >= 11 is 6.57. The fraction of sp³-hybridized carbons (Fsp3) is 0.304. The molecule has 0 saturated carbocycles. The van der Waals surface area contributed by atoms with Crippen molar-refractivity contribution in [2.24, 2.45) is 0 Å². The molecule has 1 atom stereocenters. The molecule has 156 valence electrons. The van der Waals surface area contributed by atoms with Gasteiger partial charge in [0.2, 0.25) is 5.88 Å². The number of likely N-dealkylation sites (N-methyl/N-ethyl adjacent to an activating group) is 1. The SMILES string of the molecule is CCN(CC)CCn1cnc2c(c1=N)C(c1ccccc1Cl)c1ccc(O)cc1O2. The van der Waals surface area contributed by atoms with Crippen LogP contribution < -0.4 is 10.2 Å². The molecule has 1 aromatic heterocycles. The van der Waals surface area contributed by atoms with E-state index < -0.39 is 0 Å². The predicted molar refractivity (Wildman–Crippen MR) is 116 cm³/mol. The van der Waals surface area contributed by atoms with E-state index in [1.807, 2.05) is 34.9 Å². The Labute approximate surface area is 180 Å². The van der Waals surface area contributed by atoms with Gasteiger partial charge in [0.25, 0.3) is 0 Å². The summed E-state index contributed by atoms with van der Waals surface area (Å²) in [7, 11) is 0. The number of phenolic OH excluding ortho intramolecular Hbond substituents is 1. The van der Waals surface area contributed by atoms with Gasteiger partial charge in [0.15, 0.2) is 0 Å². The normalized spacial score (nSPS) is 14.9. The zero-order valence-electron chi connectivity index (χ0n) is 17.1. The van der Waals surface area contributed by atoms with E-state index in [9.17, 15) is 5.11 Å². The zero-order valence-corrected chi connectivity index (χ0v) is 17.9. The average molecular weight is 425 g/mol. The Balaban J connectivity index is 1.85. The molecule has 0 spiro atoms. The summed E-state index contributed by atoms with van der Waals surface area (Å²) in [6.07, 6.45) is 1.65. The van der Waals surface area contributed by atoms with Crippen molar-refractivity contribution in [3.63, 3.8) is 0 Å². The Kier molecular flexibility index (Phi) is 5.79. The summed E-state index contributed by atoms with van der Waals surface area (Å²) in [5.74, 6) is 0.715. The summed E-state index contributed by atoms with van der Waals surface area (Å²) in [6.45, 7) is 7.70. The van der Waals surface area contributed by atoms with Gasteiger partial charge in [-0.25, -0.2) is 4.98 Å². The number of nitrogens with one attached hydrogen (secondary N) is 1. The molecule has 0 radical (unpaired) electrons. The van der Waals surface area contributed by atoms with E-state index in [4.69, 9.17) is 21.7 Å². The molecule has 0 amide bonds. The maximum atomic E-state index is 9.94. The lowest BCUT2D eigenvalue weighted by atomic mass is 9.84. The van der Waals surface area contributed by atoms with Crippen LogP contribution in [0.15, 0.2) is 48.8 Å². The number of nitrogens with zero attached hydrogens (tertiary/aromatic N) is 3. The molecule has 1 aliphatic heterocycles. The average Bonchev–Trinajstić information content (AvgIpc) is 2.75. The number of halogens is 1. The Morgan fingerprint density at radius 1 is 1.17 bits per heavy atom. The highest BCUT2D eigenvalue weighted by Gasteiger charge is 2.33. The maximum Gasteiger partial charge on any atom is 0.228 e. The van der Waals surface area contributed by atoms with Crippen molar-refractivity contribution < 1.29 is 9.84 Å². The van der Waals surface area contributed by atoms with Gasteiger partial charge in [-0.1, -0.05) is 49.7 Å². The van der Waals surface area contributed by atoms with Gasteiger partial charge in [0.1, 0.15) is 23.3 Å². The Bertz CT molecular complexity index is 1120. The predicted octanol–water partition coefficient (Wildman–Crippen LogP) is 4.35. The molecule has 0 saturated heterocycles. The Hall–Kier alpha value is -2.83. The Morgan fingerprint density at radius 2 is 1.93 bits per heavy atom. The van der Waals surface area contributed by atoms with Crippen LogP contribution in [-0.4, -0.2) is 39.2 Å². The monoisotopic (exact) mass is 424 g/mol. The highest BCUT2D eigenvalue weighted by atomic mass is 35.5. The minimum Gasteiger partial charge on any atom is -0.508 e. The van der Waals surface area contributed by atoms with Crippen molar-refractivity contribution in [2.45, 2.75) is 26.3 Å². The first-order valence-electron chi connectivity index (χ1n) is 10.1. The number of phenols is 1. The highest BCUT2D eigenvalue weighted by molar-refractivity contribution is 6.31. The summed E-state index contributed by atoms with van der Waals surface area (Å²) in [5, 5.41) is 19.5. The van der Waals surface area contributed by atoms with E-state index in [-0.39, 0.29) is 11.7 Å². The standard InChI is InChI=1S/C23H25ClN4O2/c1-3-27(4-2)11-12-28-14-26-23-21(22(28)25)20(16-7-5-6-8-18(16)24)17-10-9-15(29)13-19(17)30-23/h5-10,13-14,20,25,29H,3-4,11-12H2,1-2H3. The smallest absolute Gasteiger partial charge is 0.228 e. The van der Waals surface area contributed by atoms with Crippen molar-refractivity contribution in [3.8, 4) is 17.4 Å². The molecule has 2 aromatic carbocycles. The van der Waals surface area contributed by atoms with Crippen LogP contribution in [0.3, 0.4) is 0 Å². The first kappa shape index (κ1) is 20.4. The molecule has 0 bridgehead atoms. The summed E-state index contributed by atoms with van der Waals surface area (Å²) < 4.78 is 7.85. The van der Waals surface area contributed by atoms with E-state index in [0.717, 1.165) is 30.8 Å². The molecule has 3 aromatic rings. The third kappa shape index (κ3) is 3.68. The topological polar surface area (TPSA) is 74.4 Å². The van der Waals surface area contributed by atoms with Crippen molar-refractivity contribution >= 4 is 11.6 Å². The fourth-order valence-electron chi connectivity index (χ4n) is 3.95. The molecule has 1 unspecified atom stereocenters. The number of hydrogen-bond donors (Lipinski definition) is 2. The van der Waals surface area contributed by atoms with Gasteiger partial charge in [-0.05, 0) is 30.8 Å². The first-order valence-corrected chi connectivity index (χ1v) is 10.5. The second kappa shape index (κ2) is 8.50. The van der Waals surface area contributed by atoms with Gasteiger partial charge in [-0.15, -0.1) is 0 Å². The first-order chi connectivity index (χ1) is 14.5. The number of fused-ring (bicyclic) bond motifs is 2. The zero-order chi connectivity index (χ0) is 21.3. The van der Waals surface area contributed by atoms with Gasteiger partial charge >= 0.3 is 0 Å². The largest absolute Gasteiger partial charge is 0.508 e. The lowest BCUT2D eigenvalue weighted by Crippen LogP contribution is -2.34. The number of ether oxygens (including phenoxy) is 1. The highest BCUT2D eigenvalue weighted by Crippen LogP contribution is 2.47. The molecule has 0 fully saturated rings. The van der Waals surface area contributed by atoms with Crippen molar-refractivity contribution in [2.75, 3.05) is 19.6 Å². The van der Waals surface area contributed by atoms with Crippen molar-refractivity contribution in [3.05, 3.63) is 76.0 Å². The number of aromatic nitrogens is 2. The fourth-order valence-corrected chi connectivity index (χ4v) is 4.19. The molecule has 2 heterocycles. The third-order valence-electron chi connectivity index (χ3n) is 5.66. The van der Waals surface area contributed by atoms with E-state index in [0.29, 0.717) is 34.2 Å². The number of aromatic hydroxyl groups is 1. The lowest BCUT2D eigenvalue weighted by molar-refractivity contribution is 0.286. The van der Waals surface area contributed by atoms with E-state index >= 15 is 0 Å². The van der Waals surface area contributed by atoms with Gasteiger partial charge in [-0.2, -0.15) is 0 Å². The van der Waals surface area contributed by atoms with Crippen molar-refractivity contribution in [1.29, 1.82) is 5.41 Å². The van der Waals surface area contributed by atoms with E-state index in [2.05, 4.69) is 23.7 Å². The molecule has 6 nitrogen and oxygen atoms in total. The molecule has 7 heteroatoms. The van der Waals surface area contributed by atoms with E-state index in [1.54, 1.807) is 18.5 Å². The van der Waals surface area contributed by atoms with Gasteiger partial charge in [0.05, 0.1) is 5.56 Å². The molecule has 2 N–H and O–H groups in total. The van der Waals surface area contributed by atoms with Gasteiger partial charge < -0.3 is 19.3 Å². The van der Waals surface area contributed by atoms with Crippen LogP contribution in [0.2, 0.25) is 5.02 Å². The van der Waals surface area contributed by atoms with Gasteiger partial charge in [0, 0.05) is 35.7 Å². The quantitative estimate of drug-likeness (QED) is 0.482. The van der Waals surface area contributed by atoms with Gasteiger partial charge in [-0.3, -0.25) is 5.41 Å². The molecule has 1 aliphatic rings. The summed E-state index contributed by atoms with van der Waals surface area (Å²) in [4.78, 5) is 6.83. The van der Waals surface area contributed by atoms with Crippen LogP contribution in [-0.2, 0) is 6.54 Å². The maximum absolute atomic E-state index is 9.94. The third-order valence-corrected chi connectivity index (χ3v) is 6.00. The van der Waals surface area contributed by atoms with E-state index in [1.165, 1.54) is 0 Å².